The summed E-state index contributed by atoms with van der Waals surface area (Å²) in [5.74, 6) is 0.926. The molecule has 2 aromatic carbocycles. The van der Waals surface area contributed by atoms with E-state index in [9.17, 15) is 4.79 Å². The highest BCUT2D eigenvalue weighted by Crippen LogP contribution is 2.21. The minimum absolute atomic E-state index is 0.0867. The fraction of sp³-hybridized carbons (Fsp3) is 0.606. The number of benzene rings is 2. The van der Waals surface area contributed by atoms with Crippen LogP contribution >= 0.6 is 0 Å². The molecule has 0 aromatic heterocycles. The molecule has 0 spiro atoms. The van der Waals surface area contributed by atoms with E-state index in [4.69, 9.17) is 9.47 Å². The van der Waals surface area contributed by atoms with Crippen LogP contribution in [0.5, 0.6) is 5.75 Å². The number of quaternary nitrogens is 1. The molecule has 37 heavy (non-hydrogen) atoms. The van der Waals surface area contributed by atoms with Gasteiger partial charge in [-0.15, -0.1) is 0 Å². The van der Waals surface area contributed by atoms with Crippen LogP contribution in [0.2, 0.25) is 0 Å². The Bertz CT molecular complexity index is 850. The van der Waals surface area contributed by atoms with Crippen molar-refractivity contribution < 1.29 is 18.8 Å². The van der Waals surface area contributed by atoms with Gasteiger partial charge in [-0.2, -0.15) is 0 Å². The van der Waals surface area contributed by atoms with Crippen LogP contribution < -0.4 is 4.74 Å². The Morgan fingerprint density at radius 3 is 2.14 bits per heavy atom. The number of ether oxygens (including phenoxy) is 2. The zero-order valence-electron chi connectivity index (χ0n) is 23.9. The van der Waals surface area contributed by atoms with Crippen LogP contribution in [-0.2, 0) is 22.5 Å². The third kappa shape index (κ3) is 14.9. The summed E-state index contributed by atoms with van der Waals surface area (Å²) >= 11 is 0. The van der Waals surface area contributed by atoms with Crippen molar-refractivity contribution in [3.63, 3.8) is 0 Å². The number of nitrogens with zero attached hydrogens (tertiary/aromatic N) is 1. The zero-order valence-corrected chi connectivity index (χ0v) is 23.9. The van der Waals surface area contributed by atoms with Crippen LogP contribution in [0.25, 0.3) is 0 Å². The topological polar surface area (TPSA) is 35.5 Å². The Morgan fingerprint density at radius 1 is 0.730 bits per heavy atom. The Hall–Kier alpha value is -2.33. The summed E-state index contributed by atoms with van der Waals surface area (Å²) < 4.78 is 12.4. The first-order valence-electron chi connectivity index (χ1n) is 14.7. The van der Waals surface area contributed by atoms with Gasteiger partial charge in [-0.1, -0.05) is 100 Å². The lowest BCUT2D eigenvalue weighted by atomic mass is 10.0. The van der Waals surface area contributed by atoms with Crippen molar-refractivity contribution in [3.05, 3.63) is 65.7 Å². The first-order valence-corrected chi connectivity index (χ1v) is 14.7. The molecular formula is C33H52NO3+. The molecule has 0 aliphatic carbocycles. The Balaban J connectivity index is 1.51. The van der Waals surface area contributed by atoms with Gasteiger partial charge in [0, 0.05) is 12.0 Å². The molecule has 0 saturated heterocycles. The van der Waals surface area contributed by atoms with Gasteiger partial charge < -0.3 is 14.0 Å². The quantitative estimate of drug-likeness (QED) is 0.0966. The van der Waals surface area contributed by atoms with Crippen LogP contribution in [-0.4, -0.2) is 44.3 Å². The number of carbonyl (C=O) groups is 1. The van der Waals surface area contributed by atoms with E-state index in [-0.39, 0.29) is 5.97 Å². The zero-order chi connectivity index (χ0) is 26.6. The van der Waals surface area contributed by atoms with E-state index >= 15 is 0 Å². The molecule has 0 heterocycles. The molecule has 206 valence electrons. The van der Waals surface area contributed by atoms with Crippen LogP contribution in [0, 0.1) is 0 Å². The monoisotopic (exact) mass is 510 g/mol. The molecule has 2 rings (SSSR count). The molecule has 0 fully saturated rings. The summed E-state index contributed by atoms with van der Waals surface area (Å²) in [7, 11) is 4.43. The molecule has 0 unspecified atom stereocenters. The number of carbonyl (C=O) groups excluding carboxylic acids is 1. The number of esters is 1. The van der Waals surface area contributed by atoms with Crippen LogP contribution in [0.1, 0.15) is 95.1 Å². The van der Waals surface area contributed by atoms with Gasteiger partial charge in [0.1, 0.15) is 12.3 Å². The normalized spacial score (nSPS) is 11.4. The summed E-state index contributed by atoms with van der Waals surface area (Å²) in [5, 5.41) is 0. The number of aryl methyl sites for hydroxylation is 1. The van der Waals surface area contributed by atoms with E-state index in [0.717, 1.165) is 49.0 Å². The number of unbranched alkanes of at least 4 members (excludes halogenated alkanes) is 8. The fourth-order valence-corrected chi connectivity index (χ4v) is 4.75. The predicted molar refractivity (Wildman–Crippen MR) is 155 cm³/mol. The molecule has 0 saturated carbocycles. The lowest BCUT2D eigenvalue weighted by Gasteiger charge is -2.29. The van der Waals surface area contributed by atoms with E-state index in [1.54, 1.807) is 0 Å². The number of hydrogen-bond acceptors (Lipinski definition) is 3. The standard InChI is InChI=1S/C33H52NO3/c1-4-5-6-7-8-9-10-14-22-31-23-15-16-24-32(31)36-27-17-18-28-37-33(35)25-19-26-34(2,3)29-30-20-12-11-13-21-30/h11-13,15-16,20-21,23-24H,4-10,14,17-19,22,25-29H2,1-3H3/q+1. The highest BCUT2D eigenvalue weighted by atomic mass is 16.5. The maximum atomic E-state index is 12.1. The molecule has 0 amide bonds. The van der Waals surface area contributed by atoms with Crippen molar-refractivity contribution in [2.45, 2.75) is 96.9 Å². The van der Waals surface area contributed by atoms with Crippen molar-refractivity contribution in [2.75, 3.05) is 33.9 Å². The molecule has 0 aliphatic rings. The van der Waals surface area contributed by atoms with Crippen molar-refractivity contribution in [1.82, 2.24) is 0 Å². The average Bonchev–Trinajstić information content (AvgIpc) is 2.88. The van der Waals surface area contributed by atoms with E-state index < -0.39 is 0 Å². The molecular weight excluding hydrogens is 458 g/mol. The Morgan fingerprint density at radius 2 is 1.38 bits per heavy atom. The third-order valence-corrected chi connectivity index (χ3v) is 6.93. The van der Waals surface area contributed by atoms with Gasteiger partial charge in [0.05, 0.1) is 40.3 Å². The van der Waals surface area contributed by atoms with Crippen LogP contribution in [0.15, 0.2) is 54.6 Å². The minimum atomic E-state index is -0.0867. The Kier molecular flexibility index (Phi) is 15.7. The maximum absolute atomic E-state index is 12.1. The molecule has 2 aromatic rings. The number of rotatable bonds is 21. The second kappa shape index (κ2) is 18.8. The highest BCUT2D eigenvalue weighted by Gasteiger charge is 2.16. The first-order chi connectivity index (χ1) is 18.0. The lowest BCUT2D eigenvalue weighted by molar-refractivity contribution is -0.903. The van der Waals surface area contributed by atoms with Crippen LogP contribution in [0.4, 0.5) is 0 Å². The largest absolute Gasteiger partial charge is 0.493 e. The smallest absolute Gasteiger partial charge is 0.306 e. The van der Waals surface area contributed by atoms with E-state index in [1.165, 1.54) is 62.5 Å². The average molecular weight is 511 g/mol. The van der Waals surface area contributed by atoms with Gasteiger partial charge in [0.25, 0.3) is 0 Å². The van der Waals surface area contributed by atoms with E-state index in [2.05, 4.69) is 63.5 Å². The molecule has 0 bridgehead atoms. The van der Waals surface area contributed by atoms with Crippen molar-refractivity contribution >= 4 is 5.97 Å². The second-order valence-corrected chi connectivity index (χ2v) is 11.0. The summed E-state index contributed by atoms with van der Waals surface area (Å²) in [6, 6.07) is 19.0. The number of hydrogen-bond donors (Lipinski definition) is 0. The molecule has 4 heteroatoms. The summed E-state index contributed by atoms with van der Waals surface area (Å²) in [6.45, 7) is 5.33. The van der Waals surface area contributed by atoms with Crippen LogP contribution in [0.3, 0.4) is 0 Å². The van der Waals surface area contributed by atoms with Crippen molar-refractivity contribution in [1.29, 1.82) is 0 Å². The summed E-state index contributed by atoms with van der Waals surface area (Å²) in [5.41, 5.74) is 2.64. The molecule has 0 aliphatic heterocycles. The highest BCUT2D eigenvalue weighted by molar-refractivity contribution is 5.69. The summed E-state index contributed by atoms with van der Waals surface area (Å²) in [6.07, 6.45) is 14.8. The van der Waals surface area contributed by atoms with Crippen molar-refractivity contribution in [2.24, 2.45) is 0 Å². The van der Waals surface area contributed by atoms with Gasteiger partial charge >= 0.3 is 5.97 Å². The summed E-state index contributed by atoms with van der Waals surface area (Å²) in [4.78, 5) is 12.1. The molecule has 4 nitrogen and oxygen atoms in total. The molecule has 0 atom stereocenters. The minimum Gasteiger partial charge on any atom is -0.493 e. The van der Waals surface area contributed by atoms with Gasteiger partial charge in [0.2, 0.25) is 0 Å². The van der Waals surface area contributed by atoms with E-state index in [1.807, 2.05) is 12.1 Å². The second-order valence-electron chi connectivity index (χ2n) is 11.0. The SMILES string of the molecule is CCCCCCCCCCc1ccccc1OCCCCOC(=O)CCC[N+](C)(C)Cc1ccccc1. The van der Waals surface area contributed by atoms with Gasteiger partial charge in [-0.05, 0) is 37.3 Å². The van der Waals surface area contributed by atoms with Gasteiger partial charge in [-0.25, -0.2) is 0 Å². The lowest BCUT2D eigenvalue weighted by Crippen LogP contribution is -2.39. The molecule has 0 N–H and O–H groups in total. The predicted octanol–water partition coefficient (Wildman–Crippen LogP) is 8.13. The first kappa shape index (κ1) is 30.9. The van der Waals surface area contributed by atoms with Gasteiger partial charge in [-0.3, -0.25) is 4.79 Å². The number of para-hydroxylation sites is 1. The molecule has 0 radical (unpaired) electrons. The van der Waals surface area contributed by atoms with Gasteiger partial charge in [0.15, 0.2) is 0 Å². The maximum Gasteiger partial charge on any atom is 0.306 e. The van der Waals surface area contributed by atoms with E-state index in [0.29, 0.717) is 19.6 Å². The Labute approximate surface area is 227 Å². The fourth-order valence-electron chi connectivity index (χ4n) is 4.75. The third-order valence-electron chi connectivity index (χ3n) is 6.93. The van der Waals surface area contributed by atoms with Crippen molar-refractivity contribution in [3.8, 4) is 5.75 Å².